The van der Waals surface area contributed by atoms with Gasteiger partial charge in [0, 0.05) is 45.1 Å². The van der Waals surface area contributed by atoms with Gasteiger partial charge in [-0.05, 0) is 30.0 Å². The maximum atomic E-state index is 12.5. The summed E-state index contributed by atoms with van der Waals surface area (Å²) in [6.07, 6.45) is 4.42. The molecule has 2 rings (SSSR count). The number of carbonyl (C=O) groups is 1. The van der Waals surface area contributed by atoms with Crippen molar-refractivity contribution in [3.8, 4) is 0 Å². The summed E-state index contributed by atoms with van der Waals surface area (Å²) < 4.78 is 0. The van der Waals surface area contributed by atoms with Crippen LogP contribution in [0.25, 0.3) is 0 Å². The Morgan fingerprint density at radius 2 is 1.86 bits per heavy atom. The first-order valence-electron chi connectivity index (χ1n) is 8.27. The number of aromatic nitrogens is 1. The van der Waals surface area contributed by atoms with Crippen molar-refractivity contribution < 1.29 is 4.79 Å². The Balaban J connectivity index is 1.85. The van der Waals surface area contributed by atoms with Crippen LogP contribution in [0.15, 0.2) is 24.5 Å². The second-order valence-electron chi connectivity index (χ2n) is 6.37. The number of urea groups is 1. The topological polar surface area (TPSA) is 48.5 Å². The Bertz CT molecular complexity index is 455. The third-order valence-electron chi connectivity index (χ3n) is 4.10. The Hall–Kier alpha value is -1.62. The normalized spacial score (nSPS) is 17.5. The monoisotopic (exact) mass is 304 g/mol. The van der Waals surface area contributed by atoms with Crippen LogP contribution in [0.2, 0.25) is 0 Å². The number of amides is 2. The fourth-order valence-electron chi connectivity index (χ4n) is 2.91. The molecule has 1 saturated heterocycles. The van der Waals surface area contributed by atoms with E-state index < -0.39 is 0 Å². The molecule has 1 N–H and O–H groups in total. The van der Waals surface area contributed by atoms with E-state index in [1.54, 1.807) is 12.4 Å². The smallest absolute Gasteiger partial charge is 0.317 e. The molecule has 1 aliphatic rings. The minimum atomic E-state index is 0.0489. The molecule has 1 fully saturated rings. The number of nitrogens with zero attached hydrogens (tertiary/aromatic N) is 3. The van der Waals surface area contributed by atoms with Gasteiger partial charge in [-0.15, -0.1) is 0 Å². The number of carbonyl (C=O) groups excluding carboxylic acids is 1. The SMILES string of the molecule is CCC(NC(=O)N1CCN(CC(C)C)CC1)c1ccncc1. The van der Waals surface area contributed by atoms with Crippen LogP contribution in [0.1, 0.15) is 38.8 Å². The van der Waals surface area contributed by atoms with Crippen LogP contribution in [0.5, 0.6) is 0 Å². The summed E-state index contributed by atoms with van der Waals surface area (Å²) in [5, 5.41) is 3.15. The number of nitrogens with one attached hydrogen (secondary N) is 1. The summed E-state index contributed by atoms with van der Waals surface area (Å²) in [6, 6.07) is 4.04. The van der Waals surface area contributed by atoms with E-state index in [1.165, 1.54) is 0 Å². The van der Waals surface area contributed by atoms with Gasteiger partial charge in [-0.1, -0.05) is 20.8 Å². The van der Waals surface area contributed by atoms with E-state index in [0.717, 1.165) is 44.7 Å². The van der Waals surface area contributed by atoms with Gasteiger partial charge in [-0.2, -0.15) is 0 Å². The Morgan fingerprint density at radius 3 is 2.41 bits per heavy atom. The molecule has 122 valence electrons. The van der Waals surface area contributed by atoms with E-state index >= 15 is 0 Å². The van der Waals surface area contributed by atoms with Crippen LogP contribution in [-0.4, -0.2) is 53.5 Å². The van der Waals surface area contributed by atoms with Gasteiger partial charge in [0.1, 0.15) is 0 Å². The first-order valence-corrected chi connectivity index (χ1v) is 8.27. The predicted molar refractivity (Wildman–Crippen MR) is 88.7 cm³/mol. The van der Waals surface area contributed by atoms with Crippen LogP contribution in [0, 0.1) is 5.92 Å². The summed E-state index contributed by atoms with van der Waals surface area (Å²) in [7, 11) is 0. The highest BCUT2D eigenvalue weighted by Gasteiger charge is 2.23. The average Bonchev–Trinajstić information content (AvgIpc) is 2.53. The zero-order valence-electron chi connectivity index (χ0n) is 14.0. The van der Waals surface area contributed by atoms with Gasteiger partial charge in [0.05, 0.1) is 6.04 Å². The summed E-state index contributed by atoms with van der Waals surface area (Å²) in [5.41, 5.74) is 1.12. The van der Waals surface area contributed by atoms with Crippen molar-refractivity contribution in [1.29, 1.82) is 0 Å². The molecule has 5 heteroatoms. The molecule has 0 spiro atoms. The van der Waals surface area contributed by atoms with Gasteiger partial charge in [-0.3, -0.25) is 9.88 Å². The Labute approximate surface area is 133 Å². The summed E-state index contributed by atoms with van der Waals surface area (Å²) in [6.45, 7) is 11.2. The lowest BCUT2D eigenvalue weighted by Crippen LogP contribution is -2.52. The molecule has 2 heterocycles. The van der Waals surface area contributed by atoms with Crippen molar-refractivity contribution in [2.24, 2.45) is 5.92 Å². The predicted octanol–water partition coefficient (Wildman–Crippen LogP) is 2.52. The highest BCUT2D eigenvalue weighted by molar-refractivity contribution is 5.74. The van der Waals surface area contributed by atoms with Crippen LogP contribution in [0.3, 0.4) is 0 Å². The van der Waals surface area contributed by atoms with Crippen LogP contribution >= 0.6 is 0 Å². The molecule has 0 saturated carbocycles. The standard InChI is InChI=1S/C17H28N4O/c1-4-16(15-5-7-18-8-6-15)19-17(22)21-11-9-20(10-12-21)13-14(2)3/h5-8,14,16H,4,9-13H2,1-3H3,(H,19,22). The van der Waals surface area contributed by atoms with E-state index in [2.05, 4.69) is 36.0 Å². The molecule has 5 nitrogen and oxygen atoms in total. The lowest BCUT2D eigenvalue weighted by molar-refractivity contribution is 0.129. The summed E-state index contributed by atoms with van der Waals surface area (Å²) >= 11 is 0. The Kier molecular flexibility index (Phi) is 6.19. The number of piperazine rings is 1. The lowest BCUT2D eigenvalue weighted by Gasteiger charge is -2.36. The lowest BCUT2D eigenvalue weighted by atomic mass is 10.1. The molecule has 0 bridgehead atoms. The van der Waals surface area contributed by atoms with Crippen LogP contribution in [0.4, 0.5) is 4.79 Å². The quantitative estimate of drug-likeness (QED) is 0.909. The maximum Gasteiger partial charge on any atom is 0.317 e. The van der Waals surface area contributed by atoms with Crippen LogP contribution < -0.4 is 5.32 Å². The molecule has 1 atom stereocenters. The van der Waals surface area contributed by atoms with Crippen molar-refractivity contribution in [3.63, 3.8) is 0 Å². The zero-order valence-corrected chi connectivity index (χ0v) is 14.0. The molecule has 0 radical (unpaired) electrons. The van der Waals surface area contributed by atoms with Crippen molar-refractivity contribution in [1.82, 2.24) is 20.1 Å². The third-order valence-corrected chi connectivity index (χ3v) is 4.10. The van der Waals surface area contributed by atoms with Crippen molar-refractivity contribution in [3.05, 3.63) is 30.1 Å². The minimum Gasteiger partial charge on any atom is -0.331 e. The molecule has 1 aliphatic heterocycles. The highest BCUT2D eigenvalue weighted by atomic mass is 16.2. The summed E-state index contributed by atoms with van der Waals surface area (Å²) in [5.74, 6) is 0.677. The van der Waals surface area contributed by atoms with Gasteiger partial charge in [0.25, 0.3) is 0 Å². The fraction of sp³-hybridized carbons (Fsp3) is 0.647. The van der Waals surface area contributed by atoms with Crippen molar-refractivity contribution in [2.75, 3.05) is 32.7 Å². The van der Waals surface area contributed by atoms with Gasteiger partial charge in [0.15, 0.2) is 0 Å². The Morgan fingerprint density at radius 1 is 1.23 bits per heavy atom. The maximum absolute atomic E-state index is 12.5. The molecule has 2 amide bonds. The van der Waals surface area contributed by atoms with Crippen molar-refractivity contribution in [2.45, 2.75) is 33.2 Å². The van der Waals surface area contributed by atoms with E-state index in [-0.39, 0.29) is 12.1 Å². The fourth-order valence-corrected chi connectivity index (χ4v) is 2.91. The van der Waals surface area contributed by atoms with Gasteiger partial charge < -0.3 is 10.2 Å². The van der Waals surface area contributed by atoms with E-state index in [0.29, 0.717) is 5.92 Å². The number of rotatable bonds is 5. The minimum absolute atomic E-state index is 0.0489. The number of pyridine rings is 1. The molecule has 1 aromatic heterocycles. The molecule has 1 unspecified atom stereocenters. The second-order valence-corrected chi connectivity index (χ2v) is 6.37. The van der Waals surface area contributed by atoms with Crippen molar-refractivity contribution >= 4 is 6.03 Å². The molecule has 1 aromatic rings. The first-order chi connectivity index (χ1) is 10.6. The molecule has 22 heavy (non-hydrogen) atoms. The summed E-state index contributed by atoms with van der Waals surface area (Å²) in [4.78, 5) is 20.9. The first kappa shape index (κ1) is 16.7. The third kappa shape index (κ3) is 4.70. The largest absolute Gasteiger partial charge is 0.331 e. The van der Waals surface area contributed by atoms with Crippen LogP contribution in [-0.2, 0) is 0 Å². The molecular weight excluding hydrogens is 276 g/mol. The van der Waals surface area contributed by atoms with E-state index in [4.69, 9.17) is 0 Å². The van der Waals surface area contributed by atoms with Gasteiger partial charge >= 0.3 is 6.03 Å². The number of hydrogen-bond donors (Lipinski definition) is 1. The number of hydrogen-bond acceptors (Lipinski definition) is 3. The second kappa shape index (κ2) is 8.13. The highest BCUT2D eigenvalue weighted by Crippen LogP contribution is 2.16. The molecular formula is C17H28N4O. The van der Waals surface area contributed by atoms with E-state index in [1.807, 2.05) is 17.0 Å². The molecule has 0 aliphatic carbocycles. The van der Waals surface area contributed by atoms with Gasteiger partial charge in [-0.25, -0.2) is 4.79 Å². The van der Waals surface area contributed by atoms with Gasteiger partial charge in [0.2, 0.25) is 0 Å². The molecule has 0 aromatic carbocycles. The zero-order chi connectivity index (χ0) is 15.9. The van der Waals surface area contributed by atoms with E-state index in [9.17, 15) is 4.79 Å². The average molecular weight is 304 g/mol.